The minimum atomic E-state index is -0.266. The van der Waals surface area contributed by atoms with E-state index in [2.05, 4.69) is 13.5 Å². The smallest absolute Gasteiger partial charge is 0.145 e. The molecule has 0 heterocycles. The molecule has 13 heavy (non-hydrogen) atoms. The molecule has 1 nitrogen and oxygen atoms in total. The average molecular weight is 180 g/mol. The van der Waals surface area contributed by atoms with Crippen LogP contribution in [0, 0.1) is 11.3 Å². The van der Waals surface area contributed by atoms with E-state index in [1.54, 1.807) is 0 Å². The number of Topliss-reactive ketones (excluding diaryl/α,β-unsaturated/α-hetero) is 1. The normalized spacial score (nSPS) is 27.8. The Kier molecular flexibility index (Phi) is 2.94. The van der Waals surface area contributed by atoms with Gasteiger partial charge in [-0.25, -0.2) is 0 Å². The summed E-state index contributed by atoms with van der Waals surface area (Å²) in [5, 5.41) is 0. The number of hydrogen-bond donors (Lipinski definition) is 0. The highest BCUT2D eigenvalue weighted by atomic mass is 16.1. The fourth-order valence-electron chi connectivity index (χ4n) is 2.10. The van der Waals surface area contributed by atoms with Crippen LogP contribution in [0.25, 0.3) is 0 Å². The third-order valence-corrected chi connectivity index (χ3v) is 3.30. The van der Waals surface area contributed by atoms with Crippen LogP contribution in [-0.4, -0.2) is 5.78 Å². The molecular formula is C12H20O. The molecule has 0 spiro atoms. The monoisotopic (exact) mass is 180 g/mol. The van der Waals surface area contributed by atoms with Crippen molar-refractivity contribution < 1.29 is 4.79 Å². The van der Waals surface area contributed by atoms with Gasteiger partial charge < -0.3 is 0 Å². The van der Waals surface area contributed by atoms with Crippen molar-refractivity contribution in [3.8, 4) is 0 Å². The van der Waals surface area contributed by atoms with Gasteiger partial charge in [0.15, 0.2) is 0 Å². The molecule has 0 aromatic heterocycles. The van der Waals surface area contributed by atoms with Crippen molar-refractivity contribution in [1.82, 2.24) is 0 Å². The van der Waals surface area contributed by atoms with Crippen LogP contribution in [-0.2, 0) is 4.79 Å². The van der Waals surface area contributed by atoms with Crippen molar-refractivity contribution in [1.29, 1.82) is 0 Å². The highest BCUT2D eigenvalue weighted by Crippen LogP contribution is 2.40. The second-order valence-electron chi connectivity index (χ2n) is 4.62. The Labute approximate surface area is 81.2 Å². The van der Waals surface area contributed by atoms with Gasteiger partial charge in [0.2, 0.25) is 0 Å². The number of allylic oxidation sites excluding steroid dienone is 1. The number of ketones is 1. The first-order chi connectivity index (χ1) is 6.00. The van der Waals surface area contributed by atoms with Gasteiger partial charge in [-0.05, 0) is 33.1 Å². The van der Waals surface area contributed by atoms with E-state index in [-0.39, 0.29) is 5.41 Å². The third kappa shape index (κ3) is 1.84. The van der Waals surface area contributed by atoms with Gasteiger partial charge in [0.1, 0.15) is 5.78 Å². The van der Waals surface area contributed by atoms with Crippen molar-refractivity contribution >= 4 is 5.78 Å². The number of carbonyl (C=O) groups is 1. The fourth-order valence-corrected chi connectivity index (χ4v) is 2.10. The van der Waals surface area contributed by atoms with Crippen LogP contribution >= 0.6 is 0 Å². The summed E-state index contributed by atoms with van der Waals surface area (Å²) in [6.07, 6.45) is 4.22. The van der Waals surface area contributed by atoms with Gasteiger partial charge in [0, 0.05) is 11.3 Å². The lowest BCUT2D eigenvalue weighted by molar-refractivity contribution is -0.131. The van der Waals surface area contributed by atoms with E-state index in [1.165, 1.54) is 0 Å². The summed E-state index contributed by atoms with van der Waals surface area (Å²) in [7, 11) is 0. The van der Waals surface area contributed by atoms with E-state index in [0.717, 1.165) is 31.3 Å². The number of carbonyl (C=O) groups excluding carboxylic acids is 1. The minimum absolute atomic E-state index is 0.266. The van der Waals surface area contributed by atoms with Crippen molar-refractivity contribution in [2.24, 2.45) is 11.3 Å². The van der Waals surface area contributed by atoms with Gasteiger partial charge in [0.25, 0.3) is 0 Å². The van der Waals surface area contributed by atoms with Gasteiger partial charge in [-0.1, -0.05) is 25.5 Å². The SMILES string of the molecule is C=C1CCC(CCC)C(=O)C1(C)C. The third-order valence-electron chi connectivity index (χ3n) is 3.30. The van der Waals surface area contributed by atoms with Gasteiger partial charge >= 0.3 is 0 Å². The Balaban J connectivity index is 2.76. The number of hydrogen-bond acceptors (Lipinski definition) is 1. The molecule has 0 N–H and O–H groups in total. The molecule has 0 aliphatic heterocycles. The first-order valence-corrected chi connectivity index (χ1v) is 5.22. The fraction of sp³-hybridized carbons (Fsp3) is 0.750. The largest absolute Gasteiger partial charge is 0.298 e. The van der Waals surface area contributed by atoms with Crippen molar-refractivity contribution in [3.63, 3.8) is 0 Å². The summed E-state index contributed by atoms with van der Waals surface area (Å²) in [5.74, 6) is 0.705. The maximum absolute atomic E-state index is 12.0. The summed E-state index contributed by atoms with van der Waals surface area (Å²) in [5.41, 5.74) is 0.850. The first kappa shape index (κ1) is 10.5. The molecule has 0 bridgehead atoms. The van der Waals surface area contributed by atoms with Gasteiger partial charge in [-0.15, -0.1) is 0 Å². The molecule has 0 aromatic rings. The van der Waals surface area contributed by atoms with E-state index in [1.807, 2.05) is 13.8 Å². The van der Waals surface area contributed by atoms with E-state index in [9.17, 15) is 4.79 Å². The Morgan fingerprint density at radius 3 is 2.69 bits per heavy atom. The molecule has 1 unspecified atom stereocenters. The van der Waals surface area contributed by atoms with Crippen molar-refractivity contribution in [2.45, 2.75) is 46.5 Å². The maximum Gasteiger partial charge on any atom is 0.145 e. The minimum Gasteiger partial charge on any atom is -0.298 e. The lowest BCUT2D eigenvalue weighted by Gasteiger charge is -2.35. The van der Waals surface area contributed by atoms with Crippen molar-refractivity contribution in [2.75, 3.05) is 0 Å². The molecule has 1 heteroatoms. The molecule has 0 radical (unpaired) electrons. The van der Waals surface area contributed by atoms with Crippen LogP contribution in [0.4, 0.5) is 0 Å². The molecule has 1 aliphatic carbocycles. The molecular weight excluding hydrogens is 160 g/mol. The maximum atomic E-state index is 12.0. The van der Waals surface area contributed by atoms with Crippen molar-refractivity contribution in [3.05, 3.63) is 12.2 Å². The van der Waals surface area contributed by atoms with E-state index < -0.39 is 0 Å². The van der Waals surface area contributed by atoms with Gasteiger partial charge in [-0.2, -0.15) is 0 Å². The quantitative estimate of drug-likeness (QED) is 0.596. The predicted molar refractivity (Wildman–Crippen MR) is 55.6 cm³/mol. The summed E-state index contributed by atoms with van der Waals surface area (Å²) in [6, 6.07) is 0. The topological polar surface area (TPSA) is 17.1 Å². The van der Waals surface area contributed by atoms with Crippen LogP contribution in [0.2, 0.25) is 0 Å². The van der Waals surface area contributed by atoms with Gasteiger partial charge in [0.05, 0.1) is 0 Å². The van der Waals surface area contributed by atoms with Crippen LogP contribution in [0.5, 0.6) is 0 Å². The molecule has 0 saturated heterocycles. The zero-order valence-corrected chi connectivity index (χ0v) is 9.02. The van der Waals surface area contributed by atoms with Crippen LogP contribution in [0.3, 0.4) is 0 Å². The predicted octanol–water partition coefficient (Wildman–Crippen LogP) is 3.35. The molecule has 0 aromatic carbocycles. The lowest BCUT2D eigenvalue weighted by Crippen LogP contribution is -2.36. The Morgan fingerprint density at radius 1 is 1.54 bits per heavy atom. The zero-order valence-electron chi connectivity index (χ0n) is 9.02. The number of rotatable bonds is 2. The van der Waals surface area contributed by atoms with E-state index >= 15 is 0 Å². The van der Waals surface area contributed by atoms with Gasteiger partial charge in [-0.3, -0.25) is 4.79 Å². The Bertz CT molecular complexity index is 225. The molecule has 1 fully saturated rings. The Hall–Kier alpha value is -0.590. The standard InChI is InChI=1S/C12H20O/c1-5-6-10-8-7-9(2)12(3,4)11(10)13/h10H,2,5-8H2,1,3-4H3. The molecule has 74 valence electrons. The van der Waals surface area contributed by atoms with E-state index in [0.29, 0.717) is 11.7 Å². The van der Waals surface area contributed by atoms with Crippen LogP contribution < -0.4 is 0 Å². The summed E-state index contributed by atoms with van der Waals surface area (Å²) < 4.78 is 0. The Morgan fingerprint density at radius 2 is 2.15 bits per heavy atom. The average Bonchev–Trinajstić information content (AvgIpc) is 2.08. The zero-order chi connectivity index (χ0) is 10.1. The molecule has 1 saturated carbocycles. The first-order valence-electron chi connectivity index (χ1n) is 5.22. The highest BCUT2D eigenvalue weighted by Gasteiger charge is 2.38. The second-order valence-corrected chi connectivity index (χ2v) is 4.62. The summed E-state index contributed by atoms with van der Waals surface area (Å²) in [4.78, 5) is 12.0. The van der Waals surface area contributed by atoms with Crippen LogP contribution in [0.1, 0.15) is 46.5 Å². The highest BCUT2D eigenvalue weighted by molar-refractivity contribution is 5.90. The summed E-state index contributed by atoms with van der Waals surface area (Å²) >= 11 is 0. The van der Waals surface area contributed by atoms with E-state index in [4.69, 9.17) is 0 Å². The molecule has 1 rings (SSSR count). The van der Waals surface area contributed by atoms with Crippen LogP contribution in [0.15, 0.2) is 12.2 Å². The molecule has 1 aliphatic rings. The molecule has 0 amide bonds. The lowest BCUT2D eigenvalue weighted by atomic mass is 9.67. The summed E-state index contributed by atoms with van der Waals surface area (Å²) in [6.45, 7) is 10.2. The molecule has 1 atom stereocenters. The second kappa shape index (κ2) is 3.65.